The molecule has 2 heterocycles. The molecule has 1 saturated heterocycles. The van der Waals surface area contributed by atoms with Crippen molar-refractivity contribution in [1.29, 1.82) is 0 Å². The largest absolute Gasteiger partial charge is 0.497 e. The number of rotatable bonds is 9. The number of H-pyrrole nitrogens is 1. The lowest BCUT2D eigenvalue weighted by Gasteiger charge is -2.38. The summed E-state index contributed by atoms with van der Waals surface area (Å²) in [5, 5.41) is 10.2. The second-order valence-electron chi connectivity index (χ2n) is 9.69. The number of aliphatic hydroxyl groups excluding tert-OH is 1. The molecule has 0 radical (unpaired) electrons. The molecule has 1 aromatic heterocycles. The molecule has 0 aliphatic carbocycles. The molecule has 0 unspecified atom stereocenters. The highest BCUT2D eigenvalue weighted by Crippen LogP contribution is 2.54. The molecule has 9 heteroatoms. The normalized spacial score (nSPS) is 18.9. The lowest BCUT2D eigenvalue weighted by Crippen LogP contribution is -2.33. The van der Waals surface area contributed by atoms with Gasteiger partial charge >= 0.3 is 5.69 Å². The van der Waals surface area contributed by atoms with E-state index in [0.29, 0.717) is 12.0 Å². The quantitative estimate of drug-likeness (QED) is 0.295. The van der Waals surface area contributed by atoms with E-state index in [9.17, 15) is 14.7 Å². The minimum Gasteiger partial charge on any atom is -0.497 e. The van der Waals surface area contributed by atoms with Gasteiger partial charge in [0.05, 0.1) is 31.7 Å². The van der Waals surface area contributed by atoms with E-state index in [-0.39, 0.29) is 11.9 Å². The Morgan fingerprint density at radius 2 is 1.48 bits per heavy atom. The molecule has 0 saturated carbocycles. The fourth-order valence-corrected chi connectivity index (χ4v) is 7.05. The Hall–Kier alpha value is -3.79. The molecule has 4 aromatic rings. The SMILES string of the molecule is COc1ccc(C(S[C@H]2C[C@H](n3cc(C)c(=O)[nH]c3=O)O[C@@H]2CO)(c2ccccc2)c2ccc(OC)cc2)cc1. The Labute approximate surface area is 236 Å². The fraction of sp³-hybridized carbons (Fsp3) is 0.290. The number of aromatic nitrogens is 2. The van der Waals surface area contributed by atoms with Gasteiger partial charge in [-0.15, -0.1) is 11.8 Å². The van der Waals surface area contributed by atoms with Gasteiger partial charge < -0.3 is 19.3 Å². The van der Waals surface area contributed by atoms with Crippen molar-refractivity contribution in [3.63, 3.8) is 0 Å². The maximum absolute atomic E-state index is 12.7. The molecule has 0 spiro atoms. The van der Waals surface area contributed by atoms with E-state index >= 15 is 0 Å². The Morgan fingerprint density at radius 3 is 2.00 bits per heavy atom. The highest BCUT2D eigenvalue weighted by atomic mass is 32.2. The highest BCUT2D eigenvalue weighted by molar-refractivity contribution is 8.01. The monoisotopic (exact) mass is 560 g/mol. The first-order valence-corrected chi connectivity index (χ1v) is 13.9. The van der Waals surface area contributed by atoms with Gasteiger partial charge in [0.2, 0.25) is 0 Å². The molecule has 3 aromatic carbocycles. The number of nitrogens with one attached hydrogen (secondary N) is 1. The molecule has 40 heavy (non-hydrogen) atoms. The van der Waals surface area contributed by atoms with Crippen LogP contribution in [0.5, 0.6) is 11.5 Å². The average molecular weight is 561 g/mol. The molecule has 3 atom stereocenters. The van der Waals surface area contributed by atoms with Crippen molar-refractivity contribution in [3.8, 4) is 11.5 Å². The summed E-state index contributed by atoms with van der Waals surface area (Å²) < 4.78 is 17.8. The van der Waals surface area contributed by atoms with Crippen molar-refractivity contribution in [1.82, 2.24) is 9.55 Å². The van der Waals surface area contributed by atoms with E-state index in [1.54, 1.807) is 32.9 Å². The van der Waals surface area contributed by atoms with E-state index in [0.717, 1.165) is 28.2 Å². The first-order chi connectivity index (χ1) is 19.4. The smallest absolute Gasteiger partial charge is 0.330 e. The van der Waals surface area contributed by atoms with Crippen molar-refractivity contribution in [3.05, 3.63) is 128 Å². The van der Waals surface area contributed by atoms with Gasteiger partial charge in [-0.3, -0.25) is 14.3 Å². The van der Waals surface area contributed by atoms with Crippen LogP contribution in [0.1, 0.15) is 34.9 Å². The molecular weight excluding hydrogens is 528 g/mol. The zero-order valence-corrected chi connectivity index (χ0v) is 23.4. The van der Waals surface area contributed by atoms with E-state index in [1.807, 2.05) is 42.5 Å². The fourth-order valence-electron chi connectivity index (χ4n) is 5.21. The third-order valence-corrected chi connectivity index (χ3v) is 9.18. The summed E-state index contributed by atoms with van der Waals surface area (Å²) in [7, 11) is 3.28. The summed E-state index contributed by atoms with van der Waals surface area (Å²) in [6.07, 6.45) is 0.777. The van der Waals surface area contributed by atoms with Crippen LogP contribution in [0.3, 0.4) is 0 Å². The van der Waals surface area contributed by atoms with E-state index in [1.165, 1.54) is 10.8 Å². The summed E-state index contributed by atoms with van der Waals surface area (Å²) >= 11 is 1.68. The van der Waals surface area contributed by atoms with Crippen LogP contribution in [0.15, 0.2) is 94.6 Å². The molecule has 208 valence electrons. The van der Waals surface area contributed by atoms with E-state index < -0.39 is 28.3 Å². The molecule has 5 rings (SSSR count). The topological polar surface area (TPSA) is 103 Å². The van der Waals surface area contributed by atoms with Crippen LogP contribution in [-0.4, -0.2) is 46.8 Å². The Morgan fingerprint density at radius 1 is 0.925 bits per heavy atom. The molecule has 1 aliphatic rings. The number of aryl methyl sites for hydroxylation is 1. The van der Waals surface area contributed by atoms with Gasteiger partial charge in [0.1, 0.15) is 17.7 Å². The van der Waals surface area contributed by atoms with Crippen molar-refractivity contribution in [2.24, 2.45) is 0 Å². The predicted molar refractivity (Wildman–Crippen MR) is 155 cm³/mol. The van der Waals surface area contributed by atoms with Crippen molar-refractivity contribution in [2.75, 3.05) is 20.8 Å². The van der Waals surface area contributed by atoms with E-state index in [2.05, 4.69) is 41.4 Å². The van der Waals surface area contributed by atoms with Gasteiger partial charge in [0.15, 0.2) is 0 Å². The van der Waals surface area contributed by atoms with Crippen LogP contribution in [0, 0.1) is 6.92 Å². The Bertz CT molecular complexity index is 1500. The Kier molecular flexibility index (Phi) is 8.16. The third kappa shape index (κ3) is 5.20. The number of hydrogen-bond acceptors (Lipinski definition) is 7. The van der Waals surface area contributed by atoms with Crippen LogP contribution in [0.25, 0.3) is 0 Å². The molecular formula is C31H32N2O6S. The molecule has 0 bridgehead atoms. The van der Waals surface area contributed by atoms with Crippen LogP contribution in [0.4, 0.5) is 0 Å². The number of benzene rings is 3. The second kappa shape index (κ2) is 11.8. The van der Waals surface area contributed by atoms with Gasteiger partial charge in [0.25, 0.3) is 5.56 Å². The number of thioether (sulfide) groups is 1. The van der Waals surface area contributed by atoms with Crippen molar-refractivity contribution >= 4 is 11.8 Å². The van der Waals surface area contributed by atoms with Gasteiger partial charge in [-0.05, 0) is 47.9 Å². The first kappa shape index (κ1) is 27.8. The van der Waals surface area contributed by atoms with Crippen LogP contribution >= 0.6 is 11.8 Å². The molecule has 1 fully saturated rings. The number of aliphatic hydroxyl groups is 1. The zero-order chi connectivity index (χ0) is 28.3. The summed E-state index contributed by atoms with van der Waals surface area (Å²) in [4.78, 5) is 27.0. The highest BCUT2D eigenvalue weighted by Gasteiger charge is 2.45. The van der Waals surface area contributed by atoms with Gasteiger partial charge in [0, 0.05) is 23.4 Å². The van der Waals surface area contributed by atoms with Crippen molar-refractivity contribution in [2.45, 2.75) is 35.7 Å². The van der Waals surface area contributed by atoms with E-state index in [4.69, 9.17) is 14.2 Å². The maximum Gasteiger partial charge on any atom is 0.330 e. The number of ether oxygens (including phenoxy) is 3. The number of aromatic amines is 1. The average Bonchev–Trinajstić information content (AvgIpc) is 3.40. The minimum atomic E-state index is -0.706. The summed E-state index contributed by atoms with van der Waals surface area (Å²) in [5.74, 6) is 1.49. The minimum absolute atomic E-state index is 0.210. The van der Waals surface area contributed by atoms with Gasteiger partial charge in [-0.2, -0.15) is 0 Å². The maximum atomic E-state index is 12.7. The van der Waals surface area contributed by atoms with Gasteiger partial charge in [-0.25, -0.2) is 4.79 Å². The molecule has 2 N–H and O–H groups in total. The number of hydrogen-bond donors (Lipinski definition) is 2. The lowest BCUT2D eigenvalue weighted by molar-refractivity contribution is -0.0238. The van der Waals surface area contributed by atoms with Crippen LogP contribution < -0.4 is 20.7 Å². The Balaban J connectivity index is 1.65. The van der Waals surface area contributed by atoms with Crippen LogP contribution in [-0.2, 0) is 9.48 Å². The summed E-state index contributed by atoms with van der Waals surface area (Å²) in [6, 6.07) is 26.2. The lowest BCUT2D eigenvalue weighted by atomic mass is 9.84. The molecule has 8 nitrogen and oxygen atoms in total. The van der Waals surface area contributed by atoms with Crippen LogP contribution in [0.2, 0.25) is 0 Å². The standard InChI is InChI=1S/C31H32N2O6S/c1-20-18-33(30(36)32-29(20)35)28-17-27(26(19-34)39-28)40-31(21-7-5-4-6-8-21,22-9-13-24(37-2)14-10-22)23-11-15-25(38-3)16-12-23/h4-16,18,26-28,34H,17,19H2,1-3H3,(H,32,35,36)/t26-,27+,28-/m1/s1. The third-order valence-electron chi connectivity index (χ3n) is 7.32. The predicted octanol–water partition coefficient (Wildman–Crippen LogP) is 4.24. The first-order valence-electron chi connectivity index (χ1n) is 13.0. The summed E-state index contributed by atoms with van der Waals surface area (Å²) in [5.41, 5.74) is 2.54. The number of nitrogens with zero attached hydrogens (tertiary/aromatic N) is 1. The number of methoxy groups -OCH3 is 2. The van der Waals surface area contributed by atoms with Gasteiger partial charge in [-0.1, -0.05) is 54.6 Å². The molecule has 1 aliphatic heterocycles. The zero-order valence-electron chi connectivity index (χ0n) is 22.6. The molecule has 0 amide bonds. The summed E-state index contributed by atoms with van der Waals surface area (Å²) in [6.45, 7) is 1.43. The second-order valence-corrected chi connectivity index (χ2v) is 11.1. The van der Waals surface area contributed by atoms with Crippen molar-refractivity contribution < 1.29 is 19.3 Å².